The molecular formula is C18H17F6N7O3. The van der Waals surface area contributed by atoms with E-state index in [2.05, 4.69) is 15.3 Å². The third-order valence-corrected chi connectivity index (χ3v) is 4.83. The summed E-state index contributed by atoms with van der Waals surface area (Å²) in [6, 6.07) is 2.85. The van der Waals surface area contributed by atoms with Crippen LogP contribution in [0.1, 0.15) is 34.2 Å². The number of carbonyl (C=O) groups is 2. The Morgan fingerprint density at radius 3 is 2.41 bits per heavy atom. The Balaban J connectivity index is 0.000000406. The Bertz CT molecular complexity index is 1190. The van der Waals surface area contributed by atoms with Gasteiger partial charge in [0.2, 0.25) is 0 Å². The van der Waals surface area contributed by atoms with Crippen LogP contribution >= 0.6 is 0 Å². The number of hydrogen-bond acceptors (Lipinski definition) is 6. The number of fused-ring (bicyclic) bond motifs is 1. The van der Waals surface area contributed by atoms with Crippen molar-refractivity contribution in [2.75, 3.05) is 13.1 Å². The number of nitrogens with zero attached hydrogens (tertiary/aromatic N) is 6. The van der Waals surface area contributed by atoms with Gasteiger partial charge < -0.3 is 20.1 Å². The fourth-order valence-electron chi connectivity index (χ4n) is 3.16. The van der Waals surface area contributed by atoms with Gasteiger partial charge in [-0.2, -0.15) is 26.3 Å². The highest BCUT2D eigenvalue weighted by Crippen LogP contribution is 2.29. The summed E-state index contributed by atoms with van der Waals surface area (Å²) >= 11 is 0. The number of rotatable bonds is 3. The molecule has 3 N–H and O–H groups in total. The number of nitrogens with two attached hydrogens (primary N) is 1. The van der Waals surface area contributed by atoms with Crippen molar-refractivity contribution in [1.82, 2.24) is 29.3 Å². The maximum absolute atomic E-state index is 12.8. The number of amides is 1. The highest BCUT2D eigenvalue weighted by atomic mass is 19.4. The van der Waals surface area contributed by atoms with Gasteiger partial charge in [0, 0.05) is 37.6 Å². The molecule has 1 atom stereocenters. The van der Waals surface area contributed by atoms with Crippen LogP contribution in [-0.2, 0) is 17.5 Å². The van der Waals surface area contributed by atoms with Crippen molar-refractivity contribution in [3.8, 4) is 0 Å². The highest BCUT2D eigenvalue weighted by Gasteiger charge is 2.38. The number of pyridine rings is 1. The molecule has 0 aromatic carbocycles. The SMILES string of the molecule is NCc1cn(C2CCN(C(=O)c3ccn4cc(C(F)(F)F)nc4c3)C2)nn1.O=C(O)C(F)(F)F. The van der Waals surface area contributed by atoms with E-state index in [0.717, 1.165) is 6.20 Å². The molecule has 1 aliphatic heterocycles. The minimum atomic E-state index is -5.08. The van der Waals surface area contributed by atoms with Crippen molar-refractivity contribution < 1.29 is 41.0 Å². The van der Waals surface area contributed by atoms with Crippen molar-refractivity contribution in [3.63, 3.8) is 0 Å². The zero-order valence-electron chi connectivity index (χ0n) is 17.1. The van der Waals surface area contributed by atoms with Crippen LogP contribution < -0.4 is 5.73 Å². The molecule has 0 radical (unpaired) electrons. The molecule has 10 nitrogen and oxygen atoms in total. The first kappa shape index (κ1) is 24.9. The predicted molar refractivity (Wildman–Crippen MR) is 101 cm³/mol. The maximum Gasteiger partial charge on any atom is 0.490 e. The van der Waals surface area contributed by atoms with Crippen molar-refractivity contribution in [1.29, 1.82) is 0 Å². The Hall–Kier alpha value is -3.69. The van der Waals surface area contributed by atoms with Crippen LogP contribution in [0.5, 0.6) is 0 Å². The first-order valence-electron chi connectivity index (χ1n) is 9.55. The standard InChI is InChI=1S/C16H16F3N7O.C2HF3O2/c17-16(18,19)13-9-24-3-1-10(5-14(24)21-13)15(27)25-4-2-12(8-25)26-7-11(6-20)22-23-26;3-2(4,5)1(6)7/h1,3,5,7,9,12H,2,4,6,8,20H2;(H,6,7). The maximum atomic E-state index is 12.8. The summed E-state index contributed by atoms with van der Waals surface area (Å²) in [6.07, 6.45) is -4.84. The molecule has 4 rings (SSSR count). The van der Waals surface area contributed by atoms with Gasteiger partial charge >= 0.3 is 18.3 Å². The van der Waals surface area contributed by atoms with Crippen LogP contribution in [-0.4, -0.2) is 65.5 Å². The summed E-state index contributed by atoms with van der Waals surface area (Å²) in [4.78, 5) is 26.8. The molecule has 4 heterocycles. The normalized spacial score (nSPS) is 16.4. The lowest BCUT2D eigenvalue weighted by molar-refractivity contribution is -0.192. The van der Waals surface area contributed by atoms with Gasteiger partial charge in [-0.15, -0.1) is 5.10 Å². The second-order valence-electron chi connectivity index (χ2n) is 7.20. The fraction of sp³-hybridized carbons (Fsp3) is 0.389. The number of imidazole rings is 1. The molecule has 3 aromatic rings. The van der Waals surface area contributed by atoms with E-state index in [1.165, 1.54) is 22.7 Å². The van der Waals surface area contributed by atoms with Crippen molar-refractivity contribution in [2.45, 2.75) is 31.4 Å². The van der Waals surface area contributed by atoms with E-state index in [0.29, 0.717) is 37.3 Å². The van der Waals surface area contributed by atoms with Gasteiger partial charge in [0.15, 0.2) is 5.69 Å². The van der Waals surface area contributed by atoms with E-state index in [1.807, 2.05) is 0 Å². The number of likely N-dealkylation sites (tertiary alicyclic amines) is 1. The van der Waals surface area contributed by atoms with Crippen LogP contribution in [0.3, 0.4) is 0 Å². The number of alkyl halides is 6. The quantitative estimate of drug-likeness (QED) is 0.535. The Kier molecular flexibility index (Phi) is 6.81. The third kappa shape index (κ3) is 5.62. The third-order valence-electron chi connectivity index (χ3n) is 4.83. The number of aromatic nitrogens is 5. The summed E-state index contributed by atoms with van der Waals surface area (Å²) in [5.41, 5.74) is 5.58. The van der Waals surface area contributed by atoms with Crippen LogP contribution in [0.25, 0.3) is 5.65 Å². The first-order chi connectivity index (χ1) is 15.8. The monoisotopic (exact) mass is 493 g/mol. The number of halogens is 6. The van der Waals surface area contributed by atoms with Gasteiger partial charge in [0.25, 0.3) is 5.91 Å². The zero-order valence-corrected chi connectivity index (χ0v) is 17.1. The highest BCUT2D eigenvalue weighted by molar-refractivity contribution is 5.95. The molecule has 0 spiro atoms. The van der Waals surface area contributed by atoms with Gasteiger partial charge in [0.1, 0.15) is 5.65 Å². The molecular weight excluding hydrogens is 476 g/mol. The van der Waals surface area contributed by atoms with E-state index < -0.39 is 24.0 Å². The molecule has 34 heavy (non-hydrogen) atoms. The van der Waals surface area contributed by atoms with Gasteiger partial charge in [-0.25, -0.2) is 14.5 Å². The van der Waals surface area contributed by atoms with Crippen molar-refractivity contribution in [3.05, 3.63) is 47.7 Å². The molecule has 3 aromatic heterocycles. The molecule has 16 heteroatoms. The van der Waals surface area contributed by atoms with E-state index >= 15 is 0 Å². The van der Waals surface area contributed by atoms with E-state index in [9.17, 15) is 31.1 Å². The van der Waals surface area contributed by atoms with Gasteiger partial charge in [-0.1, -0.05) is 5.21 Å². The number of aliphatic carboxylic acids is 1. The number of hydrogen-bond donors (Lipinski definition) is 2. The number of carbonyl (C=O) groups excluding carboxylic acids is 1. The first-order valence-corrected chi connectivity index (χ1v) is 9.55. The van der Waals surface area contributed by atoms with Crippen LogP contribution in [0.15, 0.2) is 30.7 Å². The van der Waals surface area contributed by atoms with Crippen LogP contribution in [0.2, 0.25) is 0 Å². The average molecular weight is 493 g/mol. The van der Waals surface area contributed by atoms with Crippen molar-refractivity contribution in [2.24, 2.45) is 5.73 Å². The molecule has 1 fully saturated rings. The summed E-state index contributed by atoms with van der Waals surface area (Å²) < 4.78 is 73.1. The summed E-state index contributed by atoms with van der Waals surface area (Å²) in [6.45, 7) is 1.26. The van der Waals surface area contributed by atoms with Crippen LogP contribution in [0, 0.1) is 0 Å². The topological polar surface area (TPSA) is 132 Å². The minimum absolute atomic E-state index is 0.00580. The molecule has 0 aliphatic carbocycles. The Morgan fingerprint density at radius 1 is 1.18 bits per heavy atom. The Labute approximate surface area is 186 Å². The van der Waals surface area contributed by atoms with E-state index in [1.54, 1.807) is 15.8 Å². The lowest BCUT2D eigenvalue weighted by Crippen LogP contribution is -2.29. The average Bonchev–Trinajstić information content (AvgIpc) is 3.50. The van der Waals surface area contributed by atoms with E-state index in [-0.39, 0.29) is 17.6 Å². The molecule has 0 bridgehead atoms. The minimum Gasteiger partial charge on any atom is -0.475 e. The molecule has 1 saturated heterocycles. The molecule has 184 valence electrons. The van der Waals surface area contributed by atoms with Gasteiger partial charge in [0.05, 0.1) is 17.9 Å². The fourth-order valence-corrected chi connectivity index (χ4v) is 3.16. The van der Waals surface area contributed by atoms with Gasteiger partial charge in [-0.3, -0.25) is 4.79 Å². The Morgan fingerprint density at radius 2 is 1.85 bits per heavy atom. The van der Waals surface area contributed by atoms with Crippen LogP contribution in [0.4, 0.5) is 26.3 Å². The lowest BCUT2D eigenvalue weighted by atomic mass is 10.2. The van der Waals surface area contributed by atoms with Crippen molar-refractivity contribution >= 4 is 17.5 Å². The lowest BCUT2D eigenvalue weighted by Gasteiger charge is -2.16. The second kappa shape index (κ2) is 9.28. The summed E-state index contributed by atoms with van der Waals surface area (Å²) in [7, 11) is 0. The van der Waals surface area contributed by atoms with Gasteiger partial charge in [-0.05, 0) is 18.6 Å². The number of carboxylic acid groups (broad SMARTS) is 1. The number of carboxylic acids is 1. The smallest absolute Gasteiger partial charge is 0.475 e. The molecule has 1 unspecified atom stereocenters. The largest absolute Gasteiger partial charge is 0.490 e. The predicted octanol–water partition coefficient (Wildman–Crippen LogP) is 2.12. The van der Waals surface area contributed by atoms with E-state index in [4.69, 9.17) is 15.6 Å². The molecule has 1 amide bonds. The molecule has 0 saturated carbocycles. The summed E-state index contributed by atoms with van der Waals surface area (Å²) in [5.74, 6) is -3.01. The second-order valence-corrected chi connectivity index (χ2v) is 7.20. The zero-order chi connectivity index (χ0) is 25.3. The molecule has 1 aliphatic rings. The summed E-state index contributed by atoms with van der Waals surface area (Å²) in [5, 5.41) is 15.1.